The Morgan fingerprint density at radius 1 is 1.61 bits per heavy atom. The van der Waals surface area contributed by atoms with Gasteiger partial charge >= 0.3 is 0 Å². The highest BCUT2D eigenvalue weighted by molar-refractivity contribution is 7.15. The summed E-state index contributed by atoms with van der Waals surface area (Å²) in [7, 11) is 2.12. The Labute approximate surface area is 113 Å². The molecular weight excluding hydrogens is 246 g/mol. The molecule has 0 aromatic carbocycles. The molecule has 2 atom stereocenters. The molecular formula is C13H23N3OS. The smallest absolute Gasteiger partial charge is 0.185 e. The van der Waals surface area contributed by atoms with Crippen molar-refractivity contribution in [3.63, 3.8) is 0 Å². The van der Waals surface area contributed by atoms with Gasteiger partial charge in [-0.3, -0.25) is 0 Å². The number of rotatable bonds is 6. The summed E-state index contributed by atoms with van der Waals surface area (Å²) in [5.74, 6) is 0. The number of likely N-dealkylation sites (N-methyl/N-ethyl adjacent to an activating group) is 1. The predicted octanol–water partition coefficient (Wildman–Crippen LogP) is 2.26. The van der Waals surface area contributed by atoms with Crippen LogP contribution in [0.2, 0.25) is 0 Å². The lowest BCUT2D eigenvalue weighted by atomic mass is 10.1. The molecule has 1 aromatic rings. The SMILES string of the molecule is CCCNCc1cnc(N(C)C2CCOC2C)s1. The molecule has 0 saturated carbocycles. The van der Waals surface area contributed by atoms with E-state index >= 15 is 0 Å². The van der Waals surface area contributed by atoms with E-state index in [1.54, 1.807) is 11.3 Å². The van der Waals surface area contributed by atoms with E-state index in [0.717, 1.165) is 31.2 Å². The van der Waals surface area contributed by atoms with E-state index < -0.39 is 0 Å². The Kier molecular flexibility index (Phi) is 4.97. The molecule has 2 rings (SSSR count). The maximum absolute atomic E-state index is 5.62. The quantitative estimate of drug-likeness (QED) is 0.804. The van der Waals surface area contributed by atoms with E-state index in [2.05, 4.69) is 36.1 Å². The average Bonchev–Trinajstić information content (AvgIpc) is 2.98. The maximum Gasteiger partial charge on any atom is 0.185 e. The fourth-order valence-corrected chi connectivity index (χ4v) is 3.20. The highest BCUT2D eigenvalue weighted by atomic mass is 32.1. The van der Waals surface area contributed by atoms with Crippen molar-refractivity contribution in [3.8, 4) is 0 Å². The molecule has 1 aliphatic heterocycles. The van der Waals surface area contributed by atoms with Crippen LogP contribution >= 0.6 is 11.3 Å². The number of nitrogens with one attached hydrogen (secondary N) is 1. The van der Waals surface area contributed by atoms with E-state index in [0.29, 0.717) is 12.1 Å². The van der Waals surface area contributed by atoms with Gasteiger partial charge in [0.15, 0.2) is 5.13 Å². The van der Waals surface area contributed by atoms with E-state index in [-0.39, 0.29) is 0 Å². The van der Waals surface area contributed by atoms with Crippen molar-refractivity contribution in [2.75, 3.05) is 25.1 Å². The number of hydrogen-bond donors (Lipinski definition) is 1. The first-order valence-electron chi connectivity index (χ1n) is 6.72. The molecule has 18 heavy (non-hydrogen) atoms. The van der Waals surface area contributed by atoms with Crippen molar-refractivity contribution in [2.45, 2.75) is 45.4 Å². The number of hydrogen-bond acceptors (Lipinski definition) is 5. The van der Waals surface area contributed by atoms with Gasteiger partial charge in [0.25, 0.3) is 0 Å². The third-order valence-corrected chi connectivity index (χ3v) is 4.49. The maximum atomic E-state index is 5.62. The minimum Gasteiger partial charge on any atom is -0.376 e. The van der Waals surface area contributed by atoms with Crippen LogP contribution in [0.25, 0.3) is 0 Å². The Hall–Kier alpha value is -0.650. The minimum absolute atomic E-state index is 0.306. The molecule has 0 bridgehead atoms. The van der Waals surface area contributed by atoms with Crippen LogP contribution in [0.1, 0.15) is 31.6 Å². The lowest BCUT2D eigenvalue weighted by molar-refractivity contribution is 0.118. The van der Waals surface area contributed by atoms with Crippen molar-refractivity contribution >= 4 is 16.5 Å². The summed E-state index contributed by atoms with van der Waals surface area (Å²) < 4.78 is 5.62. The van der Waals surface area contributed by atoms with Gasteiger partial charge in [0, 0.05) is 31.3 Å². The summed E-state index contributed by atoms with van der Waals surface area (Å²) in [5.41, 5.74) is 0. The lowest BCUT2D eigenvalue weighted by Gasteiger charge is -2.25. The zero-order valence-electron chi connectivity index (χ0n) is 11.5. The molecule has 102 valence electrons. The molecule has 1 saturated heterocycles. The second kappa shape index (κ2) is 6.50. The van der Waals surface area contributed by atoms with Crippen molar-refractivity contribution < 1.29 is 4.74 Å². The van der Waals surface area contributed by atoms with Gasteiger partial charge in [0.1, 0.15) is 0 Å². The highest BCUT2D eigenvalue weighted by Crippen LogP contribution is 2.27. The van der Waals surface area contributed by atoms with E-state index in [1.807, 2.05) is 6.20 Å². The van der Waals surface area contributed by atoms with Crippen LogP contribution in [0.3, 0.4) is 0 Å². The first kappa shape index (κ1) is 13.8. The first-order valence-corrected chi connectivity index (χ1v) is 7.54. The molecule has 1 fully saturated rings. The molecule has 1 N–H and O–H groups in total. The third kappa shape index (κ3) is 3.22. The lowest BCUT2D eigenvalue weighted by Crippen LogP contribution is -2.36. The Morgan fingerprint density at radius 2 is 2.44 bits per heavy atom. The summed E-state index contributed by atoms with van der Waals surface area (Å²) in [6.07, 6.45) is 4.56. The van der Waals surface area contributed by atoms with Crippen LogP contribution in [0.15, 0.2) is 6.20 Å². The Bertz CT molecular complexity index is 369. The van der Waals surface area contributed by atoms with Crippen LogP contribution in [0, 0.1) is 0 Å². The normalized spacial score (nSPS) is 23.5. The zero-order valence-corrected chi connectivity index (χ0v) is 12.3. The molecule has 0 aliphatic carbocycles. The van der Waals surface area contributed by atoms with Crippen LogP contribution in [0.4, 0.5) is 5.13 Å². The molecule has 0 spiro atoms. The summed E-state index contributed by atoms with van der Waals surface area (Å²) in [5, 5.41) is 4.51. The van der Waals surface area contributed by atoms with Crippen molar-refractivity contribution in [1.82, 2.24) is 10.3 Å². The second-order valence-electron chi connectivity index (χ2n) is 4.83. The van der Waals surface area contributed by atoms with Crippen LogP contribution < -0.4 is 10.2 Å². The molecule has 5 heteroatoms. The van der Waals surface area contributed by atoms with E-state index in [9.17, 15) is 0 Å². The molecule has 4 nitrogen and oxygen atoms in total. The highest BCUT2D eigenvalue weighted by Gasteiger charge is 2.29. The Morgan fingerprint density at radius 3 is 3.11 bits per heavy atom. The molecule has 0 radical (unpaired) electrons. The Balaban J connectivity index is 1.92. The molecule has 1 aromatic heterocycles. The molecule has 1 aliphatic rings. The van der Waals surface area contributed by atoms with Gasteiger partial charge in [-0.15, -0.1) is 11.3 Å². The summed E-state index contributed by atoms with van der Waals surface area (Å²) in [4.78, 5) is 8.09. The van der Waals surface area contributed by atoms with E-state index in [4.69, 9.17) is 4.74 Å². The van der Waals surface area contributed by atoms with Crippen molar-refractivity contribution in [2.24, 2.45) is 0 Å². The largest absolute Gasteiger partial charge is 0.376 e. The summed E-state index contributed by atoms with van der Waals surface area (Å²) in [6, 6.07) is 0.465. The fourth-order valence-electron chi connectivity index (χ4n) is 2.30. The molecule has 2 heterocycles. The van der Waals surface area contributed by atoms with Crippen LogP contribution in [-0.2, 0) is 11.3 Å². The number of nitrogens with zero attached hydrogens (tertiary/aromatic N) is 2. The topological polar surface area (TPSA) is 37.4 Å². The third-order valence-electron chi connectivity index (χ3n) is 3.40. The summed E-state index contributed by atoms with van der Waals surface area (Å²) in [6.45, 7) is 7.19. The first-order chi connectivity index (χ1) is 8.72. The molecule has 0 amide bonds. The van der Waals surface area contributed by atoms with Gasteiger partial charge in [0.05, 0.1) is 12.1 Å². The summed E-state index contributed by atoms with van der Waals surface area (Å²) >= 11 is 1.78. The van der Waals surface area contributed by atoms with Crippen LogP contribution in [-0.4, -0.2) is 37.3 Å². The molecule has 2 unspecified atom stereocenters. The fraction of sp³-hybridized carbons (Fsp3) is 0.769. The van der Waals surface area contributed by atoms with Crippen molar-refractivity contribution in [3.05, 3.63) is 11.1 Å². The van der Waals surface area contributed by atoms with Gasteiger partial charge in [0.2, 0.25) is 0 Å². The second-order valence-corrected chi connectivity index (χ2v) is 5.92. The van der Waals surface area contributed by atoms with Gasteiger partial charge in [-0.05, 0) is 26.3 Å². The van der Waals surface area contributed by atoms with Crippen LogP contribution in [0.5, 0.6) is 0 Å². The van der Waals surface area contributed by atoms with Gasteiger partial charge in [-0.1, -0.05) is 6.92 Å². The number of ether oxygens (including phenoxy) is 1. The van der Waals surface area contributed by atoms with Crippen molar-refractivity contribution in [1.29, 1.82) is 0 Å². The number of aromatic nitrogens is 1. The van der Waals surface area contributed by atoms with Gasteiger partial charge in [-0.25, -0.2) is 4.98 Å². The monoisotopic (exact) mass is 269 g/mol. The zero-order chi connectivity index (χ0) is 13.0. The minimum atomic E-state index is 0.306. The number of anilines is 1. The average molecular weight is 269 g/mol. The predicted molar refractivity (Wildman–Crippen MR) is 76.3 cm³/mol. The van der Waals surface area contributed by atoms with Gasteiger partial charge in [-0.2, -0.15) is 0 Å². The standard InChI is InChI=1S/C13H23N3OS/c1-4-6-14-8-11-9-15-13(18-11)16(3)12-5-7-17-10(12)2/h9-10,12,14H,4-8H2,1-3H3. The van der Waals surface area contributed by atoms with Gasteiger partial charge < -0.3 is 15.0 Å². The van der Waals surface area contributed by atoms with E-state index in [1.165, 1.54) is 11.3 Å². The number of thiazole rings is 1.